The summed E-state index contributed by atoms with van der Waals surface area (Å²) in [6.45, 7) is 0.304. The van der Waals surface area contributed by atoms with Crippen LogP contribution in [0, 0.1) is 5.82 Å². The van der Waals surface area contributed by atoms with E-state index in [0.29, 0.717) is 18.7 Å². The highest BCUT2D eigenvalue weighted by molar-refractivity contribution is 9.10. The van der Waals surface area contributed by atoms with Gasteiger partial charge in [-0.1, -0.05) is 0 Å². The van der Waals surface area contributed by atoms with Crippen molar-refractivity contribution in [3.8, 4) is 0 Å². The Bertz CT molecular complexity index is 757. The van der Waals surface area contributed by atoms with Crippen molar-refractivity contribution in [1.82, 2.24) is 9.78 Å². The van der Waals surface area contributed by atoms with E-state index < -0.39 is 17.5 Å². The van der Waals surface area contributed by atoms with Crippen LogP contribution >= 0.6 is 15.9 Å². The van der Waals surface area contributed by atoms with Gasteiger partial charge in [0.1, 0.15) is 5.82 Å². The molecule has 0 saturated carbocycles. The lowest BCUT2D eigenvalue weighted by molar-refractivity contribution is -0.114. The number of nitrogens with zero attached hydrogens (tertiary/aromatic N) is 3. The number of anilines is 1. The van der Waals surface area contributed by atoms with Crippen LogP contribution in [0.4, 0.5) is 10.1 Å². The molecular weight excluding hydrogens is 341 g/mol. The molecule has 7 heteroatoms. The molecule has 2 aromatic rings. The number of hydrogen-bond acceptors (Lipinski definition) is 3. The monoisotopic (exact) mass is 351 g/mol. The summed E-state index contributed by atoms with van der Waals surface area (Å²) in [6.07, 6.45) is 2.20. The quantitative estimate of drug-likeness (QED) is 0.795. The fraction of sp³-hybridized carbons (Fsp3) is 0.214. The Balaban J connectivity index is 1.90. The van der Waals surface area contributed by atoms with Gasteiger partial charge >= 0.3 is 0 Å². The molecule has 0 unspecified atom stereocenters. The number of benzene rings is 1. The number of carbonyl (C=O) groups is 2. The van der Waals surface area contributed by atoms with Crippen molar-refractivity contribution in [1.29, 1.82) is 0 Å². The third-order valence-electron chi connectivity index (χ3n) is 3.53. The number of amides is 1. The zero-order chi connectivity index (χ0) is 15.1. The maximum Gasteiger partial charge on any atom is 0.299 e. The fourth-order valence-corrected chi connectivity index (χ4v) is 2.73. The number of fused-ring (bicyclic) bond motifs is 1. The van der Waals surface area contributed by atoms with Gasteiger partial charge in [-0.25, -0.2) is 4.39 Å². The minimum Gasteiger partial charge on any atom is -0.304 e. The summed E-state index contributed by atoms with van der Waals surface area (Å²) in [5, 5.41) is 4.05. The second-order valence-corrected chi connectivity index (χ2v) is 5.62. The van der Waals surface area contributed by atoms with Gasteiger partial charge in [-0.15, -0.1) is 0 Å². The highest BCUT2D eigenvalue weighted by Crippen LogP contribution is 2.33. The van der Waals surface area contributed by atoms with E-state index in [1.807, 2.05) is 6.07 Å². The first-order valence-corrected chi connectivity index (χ1v) is 7.10. The van der Waals surface area contributed by atoms with Crippen molar-refractivity contribution in [2.24, 2.45) is 7.05 Å². The average molecular weight is 352 g/mol. The molecule has 1 aliphatic rings. The SMILES string of the molecule is Cn1nccc1CCN1C(=O)C(=O)c2cc(Br)c(F)cc21. The smallest absolute Gasteiger partial charge is 0.299 e. The Labute approximate surface area is 128 Å². The molecule has 0 saturated heterocycles. The molecule has 21 heavy (non-hydrogen) atoms. The molecule has 0 N–H and O–H groups in total. The molecule has 0 spiro atoms. The van der Waals surface area contributed by atoms with Gasteiger partial charge in [0, 0.05) is 31.9 Å². The van der Waals surface area contributed by atoms with Crippen LogP contribution in [0.15, 0.2) is 28.9 Å². The Hall–Kier alpha value is -2.02. The normalized spacial score (nSPS) is 14.0. The zero-order valence-corrected chi connectivity index (χ0v) is 12.7. The fourth-order valence-electron chi connectivity index (χ4n) is 2.38. The third kappa shape index (κ3) is 2.27. The molecule has 0 atom stereocenters. The number of hydrogen-bond donors (Lipinski definition) is 0. The molecule has 1 aromatic carbocycles. The largest absolute Gasteiger partial charge is 0.304 e. The second-order valence-electron chi connectivity index (χ2n) is 4.77. The van der Waals surface area contributed by atoms with Gasteiger partial charge in [0.05, 0.1) is 15.7 Å². The number of rotatable bonds is 3. The van der Waals surface area contributed by atoms with Crippen molar-refractivity contribution < 1.29 is 14.0 Å². The minimum absolute atomic E-state index is 0.177. The number of aryl methyl sites for hydroxylation is 1. The van der Waals surface area contributed by atoms with Crippen LogP contribution < -0.4 is 4.90 Å². The second kappa shape index (κ2) is 5.07. The summed E-state index contributed by atoms with van der Waals surface area (Å²) < 4.78 is 15.5. The highest BCUT2D eigenvalue weighted by Gasteiger charge is 2.36. The standard InChI is InChI=1S/C14H11BrFN3O2/c1-18-8(2-4-17-18)3-5-19-12-7-11(16)10(15)6-9(12)13(20)14(19)21/h2,4,6-7H,3,5H2,1H3. The number of Topliss-reactive ketones (excluding diaryl/α,β-unsaturated/α-hetero) is 1. The van der Waals surface area contributed by atoms with Gasteiger partial charge < -0.3 is 4.90 Å². The van der Waals surface area contributed by atoms with E-state index in [1.54, 1.807) is 17.9 Å². The number of carbonyl (C=O) groups excluding carboxylic acids is 2. The van der Waals surface area contributed by atoms with Crippen molar-refractivity contribution >= 4 is 33.3 Å². The molecule has 1 aromatic heterocycles. The van der Waals surface area contributed by atoms with E-state index >= 15 is 0 Å². The predicted molar refractivity (Wildman–Crippen MR) is 77.7 cm³/mol. The molecule has 5 nitrogen and oxygen atoms in total. The van der Waals surface area contributed by atoms with Crippen LogP contribution in [0.25, 0.3) is 0 Å². The summed E-state index contributed by atoms with van der Waals surface area (Å²) in [5.41, 5.74) is 1.49. The first kappa shape index (κ1) is 13.9. The third-order valence-corrected chi connectivity index (χ3v) is 4.14. The van der Waals surface area contributed by atoms with Gasteiger partial charge in [-0.2, -0.15) is 5.10 Å². The average Bonchev–Trinajstić information content (AvgIpc) is 2.95. The molecule has 0 fully saturated rings. The number of aromatic nitrogens is 2. The summed E-state index contributed by atoms with van der Waals surface area (Å²) in [7, 11) is 1.80. The first-order valence-electron chi connectivity index (χ1n) is 6.31. The Kier molecular flexibility index (Phi) is 3.36. The molecule has 2 heterocycles. The molecule has 1 aliphatic heterocycles. The molecule has 108 valence electrons. The number of halogens is 2. The summed E-state index contributed by atoms with van der Waals surface area (Å²) in [4.78, 5) is 25.3. The van der Waals surface area contributed by atoms with Crippen LogP contribution in [0.5, 0.6) is 0 Å². The first-order chi connectivity index (χ1) is 9.99. The van der Waals surface area contributed by atoms with Crippen LogP contribution in [-0.2, 0) is 18.3 Å². The van der Waals surface area contributed by atoms with Crippen molar-refractivity contribution in [3.05, 3.63) is 45.9 Å². The van der Waals surface area contributed by atoms with E-state index in [2.05, 4.69) is 21.0 Å². The van der Waals surface area contributed by atoms with Crippen LogP contribution in [-0.4, -0.2) is 28.0 Å². The van der Waals surface area contributed by atoms with Gasteiger partial charge in [0.15, 0.2) is 0 Å². The lowest BCUT2D eigenvalue weighted by Crippen LogP contribution is -2.32. The lowest BCUT2D eigenvalue weighted by Gasteiger charge is -2.16. The predicted octanol–water partition coefficient (Wildman–Crippen LogP) is 2.09. The zero-order valence-electron chi connectivity index (χ0n) is 11.1. The van der Waals surface area contributed by atoms with Gasteiger partial charge in [0.2, 0.25) is 0 Å². The molecule has 3 rings (SSSR count). The number of ketones is 1. The van der Waals surface area contributed by atoms with Crippen molar-refractivity contribution in [2.75, 3.05) is 11.4 Å². The molecule has 0 bridgehead atoms. The van der Waals surface area contributed by atoms with Crippen LogP contribution in [0.2, 0.25) is 0 Å². The van der Waals surface area contributed by atoms with Gasteiger partial charge in [-0.05, 0) is 34.1 Å². The van der Waals surface area contributed by atoms with E-state index in [0.717, 1.165) is 5.69 Å². The molecule has 0 radical (unpaired) electrons. The summed E-state index contributed by atoms with van der Waals surface area (Å²) in [5.74, 6) is -1.72. The Morgan fingerprint density at radius 2 is 2.10 bits per heavy atom. The summed E-state index contributed by atoms with van der Waals surface area (Å²) in [6, 6.07) is 4.41. The molecular formula is C14H11BrFN3O2. The van der Waals surface area contributed by atoms with Crippen molar-refractivity contribution in [3.63, 3.8) is 0 Å². The van der Waals surface area contributed by atoms with Crippen molar-refractivity contribution in [2.45, 2.75) is 6.42 Å². The highest BCUT2D eigenvalue weighted by atomic mass is 79.9. The molecule has 0 aliphatic carbocycles. The van der Waals surface area contributed by atoms with E-state index in [9.17, 15) is 14.0 Å². The van der Waals surface area contributed by atoms with E-state index in [-0.39, 0.29) is 10.0 Å². The minimum atomic E-state index is -0.621. The lowest BCUT2D eigenvalue weighted by atomic mass is 10.1. The van der Waals surface area contributed by atoms with Gasteiger partial charge in [0.25, 0.3) is 11.7 Å². The summed E-state index contributed by atoms with van der Waals surface area (Å²) >= 11 is 3.03. The maximum absolute atomic E-state index is 13.7. The van der Waals surface area contributed by atoms with Crippen LogP contribution in [0.1, 0.15) is 16.1 Å². The molecule has 1 amide bonds. The Morgan fingerprint density at radius 3 is 2.76 bits per heavy atom. The van der Waals surface area contributed by atoms with Crippen LogP contribution in [0.3, 0.4) is 0 Å². The topological polar surface area (TPSA) is 55.2 Å². The van der Waals surface area contributed by atoms with E-state index in [4.69, 9.17) is 0 Å². The maximum atomic E-state index is 13.7. The van der Waals surface area contributed by atoms with E-state index in [1.165, 1.54) is 17.0 Å². The van der Waals surface area contributed by atoms with Gasteiger partial charge in [-0.3, -0.25) is 14.3 Å². The Morgan fingerprint density at radius 1 is 1.33 bits per heavy atom.